The van der Waals surface area contributed by atoms with E-state index in [4.69, 9.17) is 6.48 Å². The number of carboxylic acid groups (broad SMARTS) is 1. The fraction of sp³-hybridized carbons (Fsp3) is 0.875. The standard InChI is InChI=1S/C8H16O2/c1-4-7(8(9)10)5-6(2)3/h6-7H,4-5H2,1-3H3,(H,9,10)/t7-/m1/s1/i7D. The van der Waals surface area contributed by atoms with E-state index in [1.54, 1.807) is 6.92 Å². The summed E-state index contributed by atoms with van der Waals surface area (Å²) in [7, 11) is 0. The first-order valence-electron chi connectivity index (χ1n) is 4.15. The average molecular weight is 145 g/mol. The number of hydrogen-bond donors (Lipinski definition) is 1. The maximum atomic E-state index is 10.6. The van der Waals surface area contributed by atoms with E-state index in [1.807, 2.05) is 13.8 Å². The summed E-state index contributed by atoms with van der Waals surface area (Å²) in [6.45, 7) is 5.60. The second-order valence-electron chi connectivity index (χ2n) is 2.86. The molecule has 0 fully saturated rings. The van der Waals surface area contributed by atoms with E-state index in [0.29, 0.717) is 12.8 Å². The quantitative estimate of drug-likeness (QED) is 0.658. The van der Waals surface area contributed by atoms with Crippen LogP contribution in [0.2, 0.25) is 0 Å². The lowest BCUT2D eigenvalue weighted by molar-refractivity contribution is -0.142. The lowest BCUT2D eigenvalue weighted by atomic mass is 9.95. The molecule has 1 atom stereocenters. The van der Waals surface area contributed by atoms with Crippen LogP contribution in [0.25, 0.3) is 0 Å². The van der Waals surface area contributed by atoms with Gasteiger partial charge in [0.25, 0.3) is 0 Å². The molecule has 0 aliphatic rings. The lowest BCUT2D eigenvalue weighted by Crippen LogP contribution is -2.14. The van der Waals surface area contributed by atoms with Crippen LogP contribution in [0.5, 0.6) is 0 Å². The van der Waals surface area contributed by atoms with Crippen molar-refractivity contribution >= 4 is 5.97 Å². The van der Waals surface area contributed by atoms with E-state index in [1.165, 1.54) is 0 Å². The first kappa shape index (κ1) is 7.58. The average Bonchev–Trinajstić information content (AvgIpc) is 1.86. The molecule has 1 N–H and O–H groups in total. The van der Waals surface area contributed by atoms with E-state index in [2.05, 4.69) is 0 Å². The lowest BCUT2D eigenvalue weighted by Gasteiger charge is -2.11. The Bertz CT molecular complexity index is 145. The highest BCUT2D eigenvalue weighted by molar-refractivity contribution is 5.69. The van der Waals surface area contributed by atoms with Gasteiger partial charge in [0, 0.05) is 1.37 Å². The SMILES string of the molecule is [2H][C@@](CC)(CC(C)C)C(=O)O. The summed E-state index contributed by atoms with van der Waals surface area (Å²) in [4.78, 5) is 10.6. The minimum Gasteiger partial charge on any atom is -0.481 e. The Morgan fingerprint density at radius 2 is 2.20 bits per heavy atom. The van der Waals surface area contributed by atoms with Gasteiger partial charge in [-0.25, -0.2) is 0 Å². The zero-order valence-corrected chi connectivity index (χ0v) is 6.85. The molecule has 0 bridgehead atoms. The third-order valence-corrected chi connectivity index (χ3v) is 1.38. The van der Waals surface area contributed by atoms with E-state index >= 15 is 0 Å². The molecule has 0 aromatic heterocycles. The minimum atomic E-state index is -1.27. The summed E-state index contributed by atoms with van der Waals surface area (Å²) in [6.07, 6.45) is 0.805. The van der Waals surface area contributed by atoms with Crippen LogP contribution in [0.15, 0.2) is 0 Å². The van der Waals surface area contributed by atoms with Gasteiger partial charge in [-0.3, -0.25) is 4.79 Å². The number of carbonyl (C=O) groups is 1. The van der Waals surface area contributed by atoms with Crippen LogP contribution in [-0.4, -0.2) is 11.1 Å². The molecule has 0 spiro atoms. The van der Waals surface area contributed by atoms with Crippen LogP contribution in [-0.2, 0) is 4.79 Å². The van der Waals surface area contributed by atoms with Gasteiger partial charge in [-0.1, -0.05) is 20.8 Å². The highest BCUT2D eigenvalue weighted by atomic mass is 16.4. The highest BCUT2D eigenvalue weighted by Gasteiger charge is 2.15. The van der Waals surface area contributed by atoms with Gasteiger partial charge in [0.15, 0.2) is 0 Å². The summed E-state index contributed by atoms with van der Waals surface area (Å²) in [5.74, 6) is -2.01. The Labute approximate surface area is 63.7 Å². The van der Waals surface area contributed by atoms with Gasteiger partial charge in [0.05, 0.1) is 5.89 Å². The Morgan fingerprint density at radius 1 is 1.70 bits per heavy atom. The summed E-state index contributed by atoms with van der Waals surface area (Å²) >= 11 is 0. The van der Waals surface area contributed by atoms with Crippen LogP contribution in [0.4, 0.5) is 0 Å². The molecule has 2 heteroatoms. The van der Waals surface area contributed by atoms with Crippen molar-refractivity contribution in [1.82, 2.24) is 0 Å². The van der Waals surface area contributed by atoms with Crippen LogP contribution >= 0.6 is 0 Å². The van der Waals surface area contributed by atoms with Crippen molar-refractivity contribution in [3.8, 4) is 0 Å². The van der Waals surface area contributed by atoms with Gasteiger partial charge < -0.3 is 5.11 Å². The molecule has 0 aliphatic carbocycles. The van der Waals surface area contributed by atoms with Gasteiger partial charge >= 0.3 is 5.97 Å². The van der Waals surface area contributed by atoms with Gasteiger partial charge in [-0.05, 0) is 18.8 Å². The molecule has 0 unspecified atom stereocenters. The first-order chi connectivity index (χ1) is 4.92. The minimum absolute atomic E-state index is 0.267. The summed E-state index contributed by atoms with van der Waals surface area (Å²) in [6, 6.07) is 0. The van der Waals surface area contributed by atoms with E-state index in [9.17, 15) is 4.79 Å². The van der Waals surface area contributed by atoms with Crippen molar-refractivity contribution in [3.63, 3.8) is 0 Å². The molecule has 0 aromatic carbocycles. The zero-order valence-electron chi connectivity index (χ0n) is 7.85. The molecule has 0 saturated carbocycles. The molecule has 0 heterocycles. The van der Waals surface area contributed by atoms with Crippen LogP contribution in [0, 0.1) is 11.8 Å². The van der Waals surface area contributed by atoms with Gasteiger partial charge in [0.1, 0.15) is 0 Å². The molecule has 0 aliphatic heterocycles. The van der Waals surface area contributed by atoms with Crippen LogP contribution < -0.4 is 0 Å². The molecule has 0 amide bonds. The third-order valence-electron chi connectivity index (χ3n) is 1.38. The van der Waals surface area contributed by atoms with Crippen molar-refractivity contribution in [3.05, 3.63) is 0 Å². The van der Waals surface area contributed by atoms with Gasteiger partial charge in [-0.2, -0.15) is 0 Å². The fourth-order valence-corrected chi connectivity index (χ4v) is 0.876. The molecule has 10 heavy (non-hydrogen) atoms. The predicted molar refractivity (Wildman–Crippen MR) is 40.9 cm³/mol. The van der Waals surface area contributed by atoms with Crippen LogP contribution in [0.3, 0.4) is 0 Å². The van der Waals surface area contributed by atoms with Crippen molar-refractivity contribution < 1.29 is 11.3 Å². The number of carboxylic acids is 1. The van der Waals surface area contributed by atoms with Crippen molar-refractivity contribution in [1.29, 1.82) is 0 Å². The van der Waals surface area contributed by atoms with Crippen LogP contribution in [0.1, 0.15) is 35.0 Å². The topological polar surface area (TPSA) is 37.3 Å². The van der Waals surface area contributed by atoms with E-state index in [-0.39, 0.29) is 5.92 Å². The Balaban J connectivity index is 4.22. The Kier molecular flexibility index (Phi) is 3.27. The van der Waals surface area contributed by atoms with Crippen molar-refractivity contribution in [2.75, 3.05) is 0 Å². The third kappa shape index (κ3) is 3.49. The maximum Gasteiger partial charge on any atom is 0.306 e. The monoisotopic (exact) mass is 145 g/mol. The summed E-state index contributed by atoms with van der Waals surface area (Å²) < 4.78 is 7.55. The van der Waals surface area contributed by atoms with Crippen molar-refractivity contribution in [2.45, 2.75) is 33.6 Å². The second kappa shape index (κ2) is 4.31. The second-order valence-corrected chi connectivity index (χ2v) is 2.86. The normalized spacial score (nSPS) is 18.2. The number of rotatable bonds is 4. The maximum absolute atomic E-state index is 10.6. The molecule has 60 valence electrons. The molecule has 0 radical (unpaired) electrons. The zero-order chi connectivity index (χ0) is 9.07. The molecular weight excluding hydrogens is 128 g/mol. The number of aliphatic carboxylic acids is 1. The smallest absolute Gasteiger partial charge is 0.306 e. The Morgan fingerprint density at radius 3 is 2.30 bits per heavy atom. The first-order valence-corrected chi connectivity index (χ1v) is 3.65. The predicted octanol–water partition coefficient (Wildman–Crippen LogP) is 2.14. The van der Waals surface area contributed by atoms with Crippen molar-refractivity contribution in [2.24, 2.45) is 11.8 Å². The Hall–Kier alpha value is -0.530. The molecule has 0 saturated heterocycles. The molecular formula is C8H16O2. The molecule has 0 aromatic rings. The fourth-order valence-electron chi connectivity index (χ4n) is 0.876. The van der Waals surface area contributed by atoms with E-state index in [0.717, 1.165) is 0 Å². The van der Waals surface area contributed by atoms with E-state index < -0.39 is 11.9 Å². The highest BCUT2D eigenvalue weighted by Crippen LogP contribution is 2.14. The van der Waals surface area contributed by atoms with Gasteiger partial charge in [-0.15, -0.1) is 0 Å². The number of hydrogen-bond acceptors (Lipinski definition) is 1. The summed E-state index contributed by atoms with van der Waals surface area (Å²) in [5.41, 5.74) is 0. The van der Waals surface area contributed by atoms with Gasteiger partial charge in [0.2, 0.25) is 0 Å². The largest absolute Gasteiger partial charge is 0.481 e. The molecule has 0 rings (SSSR count). The summed E-state index contributed by atoms with van der Waals surface area (Å²) in [5, 5.41) is 8.69. The molecule has 2 nitrogen and oxygen atoms in total.